The molecule has 0 bridgehead atoms. The number of hydrogen-bond donors (Lipinski definition) is 0. The lowest BCUT2D eigenvalue weighted by molar-refractivity contribution is -0.148. The molecule has 0 N–H and O–H groups in total. The van der Waals surface area contributed by atoms with Gasteiger partial charge in [0.1, 0.15) is 18.1 Å². The first kappa shape index (κ1) is 31.2. The quantitative estimate of drug-likeness (QED) is 0.0800. The number of esters is 1. The number of carbonyl (C=O) groups is 2. The number of halogens is 1. The molecule has 0 saturated carbocycles. The van der Waals surface area contributed by atoms with Gasteiger partial charge in [0.25, 0.3) is 0 Å². The van der Waals surface area contributed by atoms with Crippen molar-refractivity contribution in [3.8, 4) is 28.7 Å². The SMILES string of the molecule is COc1cc([C@@H]2c3cc4c(cc3C=C(C=O)[C@H]2C(=O)OCCCCCCn2cnc3c(Cl)ncnc32)OCO4)cc(OC)c1OC. The van der Waals surface area contributed by atoms with Crippen LogP contribution < -0.4 is 23.7 Å². The smallest absolute Gasteiger partial charge is 0.314 e. The van der Waals surface area contributed by atoms with Gasteiger partial charge in [-0.1, -0.05) is 18.0 Å². The van der Waals surface area contributed by atoms with E-state index in [-0.39, 0.29) is 13.4 Å². The van der Waals surface area contributed by atoms with Crippen molar-refractivity contribution in [2.75, 3.05) is 34.7 Å². The van der Waals surface area contributed by atoms with Crippen LogP contribution in [0.2, 0.25) is 5.15 Å². The Bertz CT molecular complexity index is 1780. The summed E-state index contributed by atoms with van der Waals surface area (Å²) in [4.78, 5) is 38.8. The van der Waals surface area contributed by atoms with Gasteiger partial charge in [-0.25, -0.2) is 15.0 Å². The van der Waals surface area contributed by atoms with E-state index in [0.29, 0.717) is 68.9 Å². The maximum absolute atomic E-state index is 13.8. The van der Waals surface area contributed by atoms with E-state index in [1.54, 1.807) is 24.5 Å². The van der Waals surface area contributed by atoms with Crippen molar-refractivity contribution in [3.63, 3.8) is 0 Å². The summed E-state index contributed by atoms with van der Waals surface area (Å²) in [7, 11) is 4.57. The van der Waals surface area contributed by atoms with Crippen LogP contribution in [0, 0.1) is 5.92 Å². The Labute approximate surface area is 270 Å². The number of nitrogens with zero attached hydrogens (tertiary/aromatic N) is 4. The van der Waals surface area contributed by atoms with E-state index in [0.717, 1.165) is 36.9 Å². The summed E-state index contributed by atoms with van der Waals surface area (Å²) in [6.07, 6.45) is 8.87. The fourth-order valence-electron chi connectivity index (χ4n) is 6.06. The van der Waals surface area contributed by atoms with Crippen molar-refractivity contribution in [1.29, 1.82) is 0 Å². The zero-order valence-electron chi connectivity index (χ0n) is 25.7. The fraction of sp³-hybridized carbons (Fsp3) is 0.364. The van der Waals surface area contributed by atoms with E-state index in [9.17, 15) is 9.59 Å². The molecule has 4 aromatic rings. The fourth-order valence-corrected chi connectivity index (χ4v) is 6.23. The van der Waals surface area contributed by atoms with Crippen LogP contribution in [-0.2, 0) is 20.9 Å². The number of carbonyl (C=O) groups excluding carboxylic acids is 2. The molecule has 0 amide bonds. The van der Waals surface area contributed by atoms with Crippen LogP contribution in [-0.4, -0.2) is 66.5 Å². The van der Waals surface area contributed by atoms with Gasteiger partial charge in [-0.2, -0.15) is 0 Å². The molecule has 2 aliphatic rings. The van der Waals surface area contributed by atoms with Crippen LogP contribution in [0.25, 0.3) is 17.2 Å². The van der Waals surface area contributed by atoms with Crippen LogP contribution in [0.5, 0.6) is 28.7 Å². The minimum Gasteiger partial charge on any atom is -0.493 e. The van der Waals surface area contributed by atoms with Gasteiger partial charge in [-0.15, -0.1) is 0 Å². The Morgan fingerprint density at radius 2 is 1.72 bits per heavy atom. The van der Waals surface area contributed by atoms with E-state index in [2.05, 4.69) is 15.0 Å². The Morgan fingerprint density at radius 3 is 2.43 bits per heavy atom. The molecule has 1 aliphatic heterocycles. The topological polar surface area (TPSA) is 133 Å². The summed E-state index contributed by atoms with van der Waals surface area (Å²) in [5.41, 5.74) is 3.79. The maximum atomic E-state index is 13.8. The van der Waals surface area contributed by atoms with Gasteiger partial charge in [0.05, 0.1) is 40.2 Å². The summed E-state index contributed by atoms with van der Waals surface area (Å²) >= 11 is 6.10. The Kier molecular flexibility index (Phi) is 9.25. The molecule has 13 heteroatoms. The molecule has 2 atom stereocenters. The number of ether oxygens (including phenoxy) is 6. The van der Waals surface area contributed by atoms with E-state index >= 15 is 0 Å². The third-order valence-corrected chi connectivity index (χ3v) is 8.53. The number of aromatic nitrogens is 4. The molecule has 1 aliphatic carbocycles. The number of benzene rings is 2. The number of aldehydes is 1. The van der Waals surface area contributed by atoms with Crippen molar-refractivity contribution in [2.45, 2.75) is 38.1 Å². The van der Waals surface area contributed by atoms with Gasteiger partial charge >= 0.3 is 5.97 Å². The number of hydrogen-bond acceptors (Lipinski definition) is 11. The van der Waals surface area contributed by atoms with E-state index in [4.69, 9.17) is 40.0 Å². The summed E-state index contributed by atoms with van der Waals surface area (Å²) in [5, 5.41) is 0.332. The number of aryl methyl sites for hydroxylation is 1. The monoisotopic (exact) mass is 648 g/mol. The molecule has 12 nitrogen and oxygen atoms in total. The number of imidazole rings is 1. The first-order chi connectivity index (χ1) is 22.5. The molecule has 3 heterocycles. The van der Waals surface area contributed by atoms with Gasteiger partial charge in [0.15, 0.2) is 33.8 Å². The Morgan fingerprint density at radius 1 is 0.978 bits per heavy atom. The molecule has 0 saturated heterocycles. The number of methoxy groups -OCH3 is 3. The summed E-state index contributed by atoms with van der Waals surface area (Å²) in [6.45, 7) is 1.03. The maximum Gasteiger partial charge on any atom is 0.314 e. The molecule has 0 fully saturated rings. The zero-order valence-corrected chi connectivity index (χ0v) is 26.4. The molecule has 6 rings (SSSR count). The highest BCUT2D eigenvalue weighted by molar-refractivity contribution is 6.33. The Hall–Kier alpha value is -4.84. The normalized spacial score (nSPS) is 16.5. The summed E-state index contributed by atoms with van der Waals surface area (Å²) < 4.78 is 35.8. The number of fused-ring (bicyclic) bond motifs is 3. The van der Waals surface area contributed by atoms with Gasteiger partial charge in [-0.3, -0.25) is 9.59 Å². The van der Waals surface area contributed by atoms with Gasteiger partial charge < -0.3 is 33.0 Å². The van der Waals surface area contributed by atoms with Gasteiger partial charge in [-0.05, 0) is 66.3 Å². The average molecular weight is 649 g/mol. The molecule has 0 spiro atoms. The summed E-state index contributed by atoms with van der Waals surface area (Å²) in [5.74, 6) is 0.366. The van der Waals surface area contributed by atoms with Gasteiger partial charge in [0, 0.05) is 18.0 Å². The molecule has 240 valence electrons. The molecule has 0 unspecified atom stereocenters. The van der Waals surface area contributed by atoms with Crippen LogP contribution in [0.3, 0.4) is 0 Å². The second-order valence-corrected chi connectivity index (χ2v) is 11.2. The molecule has 0 radical (unpaired) electrons. The highest BCUT2D eigenvalue weighted by atomic mass is 35.5. The standard InChI is InChI=1S/C33H33ClN4O8/c1-41-25-12-20(13-26(42-2)30(25)43-3)27-22-14-24-23(45-18-46-24)11-19(22)10-21(15-39)28(27)33(40)44-9-7-5-4-6-8-38-17-37-29-31(34)35-16-36-32(29)38/h10-17,27-28H,4-9,18H2,1-3H3/t27-,28-/m1/s1. The number of rotatable bonds is 13. The predicted octanol–water partition coefficient (Wildman–Crippen LogP) is 5.38. The van der Waals surface area contributed by atoms with Gasteiger partial charge in [0.2, 0.25) is 12.5 Å². The second kappa shape index (κ2) is 13.7. The van der Waals surface area contributed by atoms with Crippen LogP contribution in [0.4, 0.5) is 0 Å². The molecule has 2 aromatic carbocycles. The first-order valence-electron chi connectivity index (χ1n) is 14.9. The van der Waals surface area contributed by atoms with Crippen molar-refractivity contribution in [1.82, 2.24) is 19.5 Å². The molecule has 2 aromatic heterocycles. The lowest BCUT2D eigenvalue weighted by Crippen LogP contribution is -2.31. The van der Waals surface area contributed by atoms with Crippen molar-refractivity contribution in [3.05, 3.63) is 64.3 Å². The first-order valence-corrected chi connectivity index (χ1v) is 15.2. The molecular formula is C33H33ClN4O8. The highest BCUT2D eigenvalue weighted by Gasteiger charge is 2.41. The third kappa shape index (κ3) is 5.92. The lowest BCUT2D eigenvalue weighted by atomic mass is 9.71. The van der Waals surface area contributed by atoms with E-state index in [1.165, 1.54) is 27.7 Å². The predicted molar refractivity (Wildman–Crippen MR) is 168 cm³/mol. The van der Waals surface area contributed by atoms with Crippen LogP contribution in [0.15, 0.2) is 42.5 Å². The summed E-state index contributed by atoms with van der Waals surface area (Å²) in [6, 6.07) is 7.25. The second-order valence-electron chi connectivity index (χ2n) is 10.9. The van der Waals surface area contributed by atoms with E-state index in [1.807, 2.05) is 16.7 Å². The van der Waals surface area contributed by atoms with Crippen LogP contribution in [0.1, 0.15) is 48.3 Å². The van der Waals surface area contributed by atoms with Crippen molar-refractivity contribution in [2.24, 2.45) is 5.92 Å². The lowest BCUT2D eigenvalue weighted by Gasteiger charge is -2.32. The zero-order chi connectivity index (χ0) is 32.2. The third-order valence-electron chi connectivity index (χ3n) is 8.26. The van der Waals surface area contributed by atoms with Crippen molar-refractivity contribution < 1.29 is 38.0 Å². The van der Waals surface area contributed by atoms with E-state index < -0.39 is 17.8 Å². The number of unbranched alkanes of at least 4 members (excludes halogenated alkanes) is 3. The molecular weight excluding hydrogens is 616 g/mol. The average Bonchev–Trinajstić information content (AvgIpc) is 3.72. The Balaban J connectivity index is 1.18. The van der Waals surface area contributed by atoms with Crippen molar-refractivity contribution >= 4 is 41.1 Å². The molecule has 46 heavy (non-hydrogen) atoms. The largest absolute Gasteiger partial charge is 0.493 e. The minimum atomic E-state index is -0.920. The highest BCUT2D eigenvalue weighted by Crippen LogP contribution is 2.50. The van der Waals surface area contributed by atoms with Crippen LogP contribution >= 0.6 is 11.6 Å². The minimum absolute atomic E-state index is 0.0877.